The molecule has 0 fully saturated rings. The Hall–Kier alpha value is -2.09. The molecule has 7 heteroatoms. The molecule has 5 nitrogen and oxygen atoms in total. The van der Waals surface area contributed by atoms with E-state index in [-0.39, 0.29) is 11.3 Å². The first kappa shape index (κ1) is 17.7. The quantitative estimate of drug-likeness (QED) is 0.471. The molecule has 1 heterocycles. The van der Waals surface area contributed by atoms with Crippen LogP contribution in [-0.4, -0.2) is 19.6 Å². The Morgan fingerprint density at radius 2 is 1.76 bits per heavy atom. The fourth-order valence-corrected chi connectivity index (χ4v) is 3.50. The standard InChI is InChI=1S/C18H14BrNO4S/c19-15-5-6-16-17(7-15)14(10-21)9-20(18(16)22)8-12-1-3-13(4-2-12)11-25(23)24/h1-7,9-10H,8,11H2,(H,23,24)/p-1. The molecule has 0 saturated heterocycles. The maximum absolute atomic E-state index is 12.7. The number of aromatic nitrogens is 1. The lowest BCUT2D eigenvalue weighted by atomic mass is 10.1. The average Bonchev–Trinajstić information content (AvgIpc) is 2.58. The minimum Gasteiger partial charge on any atom is -0.772 e. The second-order valence-electron chi connectivity index (χ2n) is 5.59. The number of benzene rings is 2. The number of pyridine rings is 1. The third-order valence-electron chi connectivity index (χ3n) is 3.87. The Balaban J connectivity index is 2.00. The largest absolute Gasteiger partial charge is 0.772 e. The van der Waals surface area contributed by atoms with Crippen LogP contribution < -0.4 is 5.56 Å². The van der Waals surface area contributed by atoms with Gasteiger partial charge in [0.05, 0.1) is 6.54 Å². The lowest BCUT2D eigenvalue weighted by Gasteiger charge is -2.11. The second kappa shape index (κ2) is 7.43. The smallest absolute Gasteiger partial charge is 0.258 e. The zero-order valence-corrected chi connectivity index (χ0v) is 15.4. The molecule has 3 aromatic rings. The minimum absolute atomic E-state index is 0.0413. The molecular formula is C18H13BrNO4S-. The van der Waals surface area contributed by atoms with E-state index >= 15 is 0 Å². The highest BCUT2D eigenvalue weighted by atomic mass is 79.9. The van der Waals surface area contributed by atoms with Crippen LogP contribution in [0.1, 0.15) is 21.5 Å². The highest BCUT2D eigenvalue weighted by Gasteiger charge is 2.09. The van der Waals surface area contributed by atoms with E-state index in [4.69, 9.17) is 0 Å². The summed E-state index contributed by atoms with van der Waals surface area (Å²) in [5.74, 6) is -0.0413. The molecule has 0 bridgehead atoms. The summed E-state index contributed by atoms with van der Waals surface area (Å²) in [5.41, 5.74) is 1.78. The Bertz CT molecular complexity index is 1030. The third kappa shape index (κ3) is 3.95. The summed E-state index contributed by atoms with van der Waals surface area (Å²) in [5, 5.41) is 1.09. The van der Waals surface area contributed by atoms with Crippen LogP contribution in [0.15, 0.2) is 57.9 Å². The van der Waals surface area contributed by atoms with Gasteiger partial charge in [0.1, 0.15) is 0 Å². The highest BCUT2D eigenvalue weighted by molar-refractivity contribution is 9.10. The molecule has 0 N–H and O–H groups in total. The summed E-state index contributed by atoms with van der Waals surface area (Å²) in [6.45, 7) is 0.298. The lowest BCUT2D eigenvalue weighted by molar-refractivity contribution is 0.112. The summed E-state index contributed by atoms with van der Waals surface area (Å²) in [6.07, 6.45) is 2.28. The number of halogens is 1. The van der Waals surface area contributed by atoms with Gasteiger partial charge >= 0.3 is 0 Å². The summed E-state index contributed by atoms with van der Waals surface area (Å²) in [6, 6.07) is 12.2. The van der Waals surface area contributed by atoms with E-state index in [1.165, 1.54) is 4.57 Å². The summed E-state index contributed by atoms with van der Waals surface area (Å²) in [7, 11) is 0. The molecule has 0 radical (unpaired) electrons. The van der Waals surface area contributed by atoms with Gasteiger partial charge in [-0.05, 0) is 29.3 Å². The van der Waals surface area contributed by atoms with E-state index in [1.54, 1.807) is 48.7 Å². The van der Waals surface area contributed by atoms with Crippen LogP contribution in [0.5, 0.6) is 0 Å². The predicted molar refractivity (Wildman–Crippen MR) is 99.5 cm³/mol. The predicted octanol–water partition coefficient (Wildman–Crippen LogP) is 3.00. The van der Waals surface area contributed by atoms with E-state index < -0.39 is 11.1 Å². The van der Waals surface area contributed by atoms with Gasteiger partial charge in [-0.3, -0.25) is 13.8 Å². The Kier molecular flexibility index (Phi) is 5.27. The summed E-state index contributed by atoms with van der Waals surface area (Å²) in [4.78, 5) is 24.1. The van der Waals surface area contributed by atoms with E-state index in [0.29, 0.717) is 28.4 Å². The van der Waals surface area contributed by atoms with Crippen molar-refractivity contribution in [3.8, 4) is 0 Å². The Morgan fingerprint density at radius 3 is 2.40 bits per heavy atom. The van der Waals surface area contributed by atoms with Gasteiger partial charge in [0.15, 0.2) is 6.29 Å². The monoisotopic (exact) mass is 418 g/mol. The van der Waals surface area contributed by atoms with Crippen LogP contribution in [0.3, 0.4) is 0 Å². The number of fused-ring (bicyclic) bond motifs is 1. The number of nitrogens with zero attached hydrogens (tertiary/aromatic N) is 1. The van der Waals surface area contributed by atoms with Crippen molar-refractivity contribution in [3.05, 3.63) is 80.2 Å². The second-order valence-corrected chi connectivity index (χ2v) is 7.40. The number of carbonyl (C=O) groups is 1. The van der Waals surface area contributed by atoms with Gasteiger partial charge in [-0.1, -0.05) is 51.3 Å². The van der Waals surface area contributed by atoms with Crippen molar-refractivity contribution in [2.24, 2.45) is 0 Å². The normalized spacial score (nSPS) is 12.2. The van der Waals surface area contributed by atoms with Crippen LogP contribution in [0, 0.1) is 0 Å². The zero-order chi connectivity index (χ0) is 18.0. The van der Waals surface area contributed by atoms with Crippen molar-refractivity contribution in [2.45, 2.75) is 12.3 Å². The van der Waals surface area contributed by atoms with Crippen molar-refractivity contribution in [1.29, 1.82) is 0 Å². The lowest BCUT2D eigenvalue weighted by Crippen LogP contribution is -2.21. The van der Waals surface area contributed by atoms with Gasteiger partial charge in [0, 0.05) is 32.8 Å². The van der Waals surface area contributed by atoms with Gasteiger partial charge in [-0.2, -0.15) is 0 Å². The maximum Gasteiger partial charge on any atom is 0.258 e. The molecule has 0 spiro atoms. The SMILES string of the molecule is O=Cc1cn(Cc2ccc(CS(=O)[O-])cc2)c(=O)c2ccc(Br)cc12. The first-order chi connectivity index (χ1) is 12.0. The van der Waals surface area contributed by atoms with Gasteiger partial charge < -0.3 is 9.12 Å². The van der Waals surface area contributed by atoms with Gasteiger partial charge in [0.25, 0.3) is 5.56 Å². The topological polar surface area (TPSA) is 79.2 Å². The fraction of sp³-hybridized carbons (Fsp3) is 0.111. The molecule has 0 aliphatic rings. The summed E-state index contributed by atoms with van der Waals surface area (Å²) < 4.78 is 23.7. The van der Waals surface area contributed by atoms with Crippen LogP contribution in [0.25, 0.3) is 10.8 Å². The van der Waals surface area contributed by atoms with Gasteiger partial charge in [-0.25, -0.2) is 0 Å². The number of hydrogen-bond acceptors (Lipinski definition) is 4. The van der Waals surface area contributed by atoms with Crippen LogP contribution in [-0.2, 0) is 23.4 Å². The third-order valence-corrected chi connectivity index (χ3v) is 4.93. The van der Waals surface area contributed by atoms with E-state index in [1.807, 2.05) is 0 Å². The molecule has 1 unspecified atom stereocenters. The van der Waals surface area contributed by atoms with E-state index in [0.717, 1.165) is 16.3 Å². The molecule has 1 atom stereocenters. The van der Waals surface area contributed by atoms with Crippen molar-refractivity contribution >= 4 is 44.1 Å². The molecule has 0 saturated carbocycles. The Morgan fingerprint density at radius 1 is 1.08 bits per heavy atom. The molecule has 128 valence electrons. The molecule has 3 rings (SSSR count). The highest BCUT2D eigenvalue weighted by Crippen LogP contribution is 2.20. The summed E-state index contributed by atoms with van der Waals surface area (Å²) >= 11 is 1.21. The number of hydrogen-bond donors (Lipinski definition) is 0. The van der Waals surface area contributed by atoms with Crippen molar-refractivity contribution in [1.82, 2.24) is 4.57 Å². The van der Waals surface area contributed by atoms with Crippen molar-refractivity contribution in [2.75, 3.05) is 0 Å². The minimum atomic E-state index is -2.13. The van der Waals surface area contributed by atoms with E-state index in [9.17, 15) is 18.4 Å². The molecular weight excluding hydrogens is 406 g/mol. The van der Waals surface area contributed by atoms with Crippen molar-refractivity contribution in [3.63, 3.8) is 0 Å². The molecule has 0 aliphatic heterocycles. The number of aldehydes is 1. The first-order valence-electron chi connectivity index (χ1n) is 7.39. The number of carbonyl (C=O) groups excluding carboxylic acids is 1. The molecule has 0 aliphatic carbocycles. The molecule has 25 heavy (non-hydrogen) atoms. The first-order valence-corrected chi connectivity index (χ1v) is 9.43. The van der Waals surface area contributed by atoms with Crippen molar-refractivity contribution < 1.29 is 13.6 Å². The number of rotatable bonds is 5. The maximum atomic E-state index is 12.7. The Labute approximate surface area is 154 Å². The fourth-order valence-electron chi connectivity index (χ4n) is 2.68. The zero-order valence-electron chi connectivity index (χ0n) is 13.0. The molecule has 1 aromatic heterocycles. The van der Waals surface area contributed by atoms with Gasteiger partial charge in [-0.15, -0.1) is 0 Å². The average molecular weight is 419 g/mol. The van der Waals surface area contributed by atoms with Crippen LogP contribution in [0.2, 0.25) is 0 Å². The van der Waals surface area contributed by atoms with Crippen LogP contribution >= 0.6 is 15.9 Å². The van der Waals surface area contributed by atoms with Crippen LogP contribution in [0.4, 0.5) is 0 Å². The molecule has 0 amide bonds. The van der Waals surface area contributed by atoms with Gasteiger partial charge in [0.2, 0.25) is 0 Å². The van der Waals surface area contributed by atoms with E-state index in [2.05, 4.69) is 15.9 Å². The molecule has 2 aromatic carbocycles.